The fourth-order valence-corrected chi connectivity index (χ4v) is 3.09. The highest BCUT2D eigenvalue weighted by molar-refractivity contribution is 6.67. The lowest BCUT2D eigenvalue weighted by molar-refractivity contribution is 0.0450. The number of rotatable bonds is 16. The molecule has 0 fully saturated rings. The first kappa shape index (κ1) is 32.0. The van der Waals surface area contributed by atoms with E-state index in [1.165, 1.54) is 58.3 Å². The van der Waals surface area contributed by atoms with Crippen LogP contribution in [0.5, 0.6) is 0 Å². The molecule has 0 aliphatic rings. The van der Waals surface area contributed by atoms with Crippen LogP contribution in [0.3, 0.4) is 0 Å². The molecule has 0 spiro atoms. The van der Waals surface area contributed by atoms with Gasteiger partial charge in [-0.25, -0.2) is 9.59 Å². The van der Waals surface area contributed by atoms with E-state index in [1.54, 1.807) is 24.3 Å². The molecular formula is C26H41Cl3O4. The number of hydrogen-bond acceptors (Lipinski definition) is 4. The van der Waals surface area contributed by atoms with Crippen molar-refractivity contribution in [2.24, 2.45) is 0 Å². The van der Waals surface area contributed by atoms with Gasteiger partial charge in [0.05, 0.1) is 24.3 Å². The molecule has 1 aromatic carbocycles. The van der Waals surface area contributed by atoms with Gasteiger partial charge in [0.25, 0.3) is 0 Å². The molecule has 1 aromatic rings. The van der Waals surface area contributed by atoms with E-state index < -0.39 is 15.7 Å². The Balaban J connectivity index is 0.00000184. The molecule has 0 saturated heterocycles. The van der Waals surface area contributed by atoms with Gasteiger partial charge in [0.15, 0.2) is 3.79 Å². The number of carbonyl (C=O) groups is 2. The zero-order valence-electron chi connectivity index (χ0n) is 20.5. The van der Waals surface area contributed by atoms with Gasteiger partial charge in [0.1, 0.15) is 0 Å². The van der Waals surface area contributed by atoms with Gasteiger partial charge >= 0.3 is 11.9 Å². The Morgan fingerprint density at radius 1 is 0.667 bits per heavy atom. The van der Waals surface area contributed by atoms with Crippen molar-refractivity contribution >= 4 is 46.7 Å². The van der Waals surface area contributed by atoms with Gasteiger partial charge in [0, 0.05) is 0 Å². The van der Waals surface area contributed by atoms with Gasteiger partial charge in [0.2, 0.25) is 0 Å². The number of benzene rings is 1. The summed E-state index contributed by atoms with van der Waals surface area (Å²) in [5, 5.41) is 0. The van der Waals surface area contributed by atoms with E-state index >= 15 is 0 Å². The highest BCUT2D eigenvalue weighted by Crippen LogP contribution is 2.23. The first-order valence-electron chi connectivity index (χ1n) is 12.2. The van der Waals surface area contributed by atoms with Crippen LogP contribution in [0.2, 0.25) is 0 Å². The molecule has 0 bridgehead atoms. The molecule has 4 nitrogen and oxygen atoms in total. The first-order chi connectivity index (χ1) is 15.7. The number of carbonyl (C=O) groups excluding carboxylic acids is 2. The monoisotopic (exact) mass is 522 g/mol. The second-order valence-corrected chi connectivity index (χ2v) is 11.0. The van der Waals surface area contributed by atoms with Crippen LogP contribution in [0.4, 0.5) is 0 Å². The van der Waals surface area contributed by atoms with E-state index in [4.69, 9.17) is 44.3 Å². The van der Waals surface area contributed by atoms with Gasteiger partial charge in [-0.05, 0) is 31.9 Å². The van der Waals surface area contributed by atoms with E-state index in [0.717, 1.165) is 25.7 Å². The van der Waals surface area contributed by atoms with Crippen molar-refractivity contribution in [3.63, 3.8) is 0 Å². The highest BCUT2D eigenvalue weighted by Gasteiger charge is 2.18. The minimum Gasteiger partial charge on any atom is -0.462 e. The van der Waals surface area contributed by atoms with E-state index in [-0.39, 0.29) is 0 Å². The summed E-state index contributed by atoms with van der Waals surface area (Å²) >= 11 is 15.2. The quantitative estimate of drug-likeness (QED) is 0.123. The molecule has 0 N–H and O–H groups in total. The first-order valence-corrected chi connectivity index (χ1v) is 13.3. The maximum Gasteiger partial charge on any atom is 0.339 e. The predicted molar refractivity (Wildman–Crippen MR) is 140 cm³/mol. The molecule has 1 rings (SSSR count). The third kappa shape index (κ3) is 20.1. The molecule has 0 aliphatic heterocycles. The Hall–Kier alpha value is -0.970. The Morgan fingerprint density at radius 2 is 0.970 bits per heavy atom. The number of unbranched alkanes of at least 4 members (excludes halogenated alkanes) is 10. The summed E-state index contributed by atoms with van der Waals surface area (Å²) in [7, 11) is 0. The number of esters is 2. The fraction of sp³-hybridized carbons (Fsp3) is 0.692. The summed E-state index contributed by atoms with van der Waals surface area (Å²) in [5.74, 6) is -0.888. The summed E-state index contributed by atoms with van der Waals surface area (Å²) in [6, 6.07) is 6.74. The Morgan fingerprint density at radius 3 is 1.30 bits per heavy atom. The number of ether oxygens (including phenoxy) is 2. The molecule has 0 aromatic heterocycles. The molecule has 0 heterocycles. The van der Waals surface area contributed by atoms with Gasteiger partial charge < -0.3 is 9.47 Å². The van der Waals surface area contributed by atoms with Crippen LogP contribution in [-0.2, 0) is 9.47 Å². The standard InChI is InChI=1S/C24H38O4.C2H3Cl3/c1-3-5-7-9-11-15-19-27-23(25)21-17-13-14-18-22(21)24(26)28-20-16-12-10-8-6-4-2;1-2(3,4)5/h13-14,17-18H,3-12,15-16,19-20H2,1-2H3;1H3. The van der Waals surface area contributed by atoms with Crippen molar-refractivity contribution in [2.45, 2.75) is 102 Å². The van der Waals surface area contributed by atoms with Crippen molar-refractivity contribution in [3.8, 4) is 0 Å². The zero-order chi connectivity index (χ0) is 25.0. The van der Waals surface area contributed by atoms with Crippen LogP contribution in [0, 0.1) is 0 Å². The lowest BCUT2D eigenvalue weighted by Crippen LogP contribution is -2.15. The van der Waals surface area contributed by atoms with Gasteiger partial charge in [-0.1, -0.05) is 125 Å². The Bertz CT molecular complexity index is 590. The highest BCUT2D eigenvalue weighted by atomic mass is 35.6. The molecule has 0 unspecified atom stereocenters. The minimum absolute atomic E-state index is 0.293. The molecule has 0 radical (unpaired) electrons. The van der Waals surface area contributed by atoms with Crippen LogP contribution in [-0.4, -0.2) is 28.9 Å². The molecular weight excluding hydrogens is 483 g/mol. The van der Waals surface area contributed by atoms with E-state index in [9.17, 15) is 9.59 Å². The van der Waals surface area contributed by atoms with E-state index in [0.29, 0.717) is 24.3 Å². The summed E-state index contributed by atoms with van der Waals surface area (Å²) in [6.07, 6.45) is 13.6. The van der Waals surface area contributed by atoms with Gasteiger partial charge in [-0.15, -0.1) is 0 Å². The van der Waals surface area contributed by atoms with Crippen molar-refractivity contribution in [1.29, 1.82) is 0 Å². The summed E-state index contributed by atoms with van der Waals surface area (Å²) in [4.78, 5) is 24.7. The molecule has 0 saturated carbocycles. The normalized spacial score (nSPS) is 10.8. The van der Waals surface area contributed by atoms with Crippen LogP contribution in [0.15, 0.2) is 24.3 Å². The second kappa shape index (κ2) is 20.4. The number of alkyl halides is 3. The predicted octanol–water partition coefficient (Wildman–Crippen LogP) is 9.10. The largest absolute Gasteiger partial charge is 0.462 e. The maximum atomic E-state index is 12.4. The number of hydrogen-bond donors (Lipinski definition) is 0. The molecule has 33 heavy (non-hydrogen) atoms. The van der Waals surface area contributed by atoms with Gasteiger partial charge in [-0.3, -0.25) is 0 Å². The smallest absolute Gasteiger partial charge is 0.339 e. The van der Waals surface area contributed by atoms with Crippen molar-refractivity contribution in [3.05, 3.63) is 35.4 Å². The molecule has 0 atom stereocenters. The van der Waals surface area contributed by atoms with E-state index in [2.05, 4.69) is 13.8 Å². The molecule has 190 valence electrons. The summed E-state index contributed by atoms with van der Waals surface area (Å²) in [6.45, 7) is 6.66. The Kier molecular flexibility index (Phi) is 19.8. The fourth-order valence-electron chi connectivity index (χ4n) is 3.09. The number of halogens is 3. The topological polar surface area (TPSA) is 52.6 Å². The molecule has 7 heteroatoms. The second-order valence-electron chi connectivity index (χ2n) is 8.13. The summed E-state index contributed by atoms with van der Waals surface area (Å²) in [5.41, 5.74) is 0.586. The maximum absolute atomic E-state index is 12.4. The van der Waals surface area contributed by atoms with Crippen molar-refractivity contribution in [1.82, 2.24) is 0 Å². The van der Waals surface area contributed by atoms with Crippen molar-refractivity contribution < 1.29 is 19.1 Å². The van der Waals surface area contributed by atoms with Crippen molar-refractivity contribution in [2.75, 3.05) is 13.2 Å². The molecule has 0 amide bonds. The molecule has 0 aliphatic carbocycles. The Labute approximate surface area is 215 Å². The van der Waals surface area contributed by atoms with Crippen LogP contribution < -0.4 is 0 Å². The lowest BCUT2D eigenvalue weighted by Gasteiger charge is -2.10. The van der Waals surface area contributed by atoms with Gasteiger partial charge in [-0.2, -0.15) is 0 Å². The average Bonchev–Trinajstić information content (AvgIpc) is 2.76. The SMILES string of the molecule is CC(Cl)(Cl)Cl.CCCCCCCCOC(=O)c1ccccc1C(=O)OCCCCCCCC. The summed E-state index contributed by atoms with van der Waals surface area (Å²) < 4.78 is 9.64. The lowest BCUT2D eigenvalue weighted by atomic mass is 10.1. The zero-order valence-corrected chi connectivity index (χ0v) is 22.7. The van der Waals surface area contributed by atoms with E-state index in [1.807, 2.05) is 0 Å². The minimum atomic E-state index is -1.08. The average molecular weight is 524 g/mol. The third-order valence-electron chi connectivity index (χ3n) is 4.83. The van der Waals surface area contributed by atoms with Crippen LogP contribution in [0.25, 0.3) is 0 Å². The third-order valence-corrected chi connectivity index (χ3v) is 4.83. The van der Waals surface area contributed by atoms with Crippen LogP contribution >= 0.6 is 34.8 Å². The van der Waals surface area contributed by atoms with Crippen LogP contribution in [0.1, 0.15) is 119 Å².